The van der Waals surface area contributed by atoms with Gasteiger partial charge < -0.3 is 5.73 Å². The summed E-state index contributed by atoms with van der Waals surface area (Å²) in [5, 5.41) is 0. The number of aryl methyl sites for hydroxylation is 1. The van der Waals surface area contributed by atoms with Gasteiger partial charge in [0.25, 0.3) is 0 Å². The van der Waals surface area contributed by atoms with Gasteiger partial charge in [-0.2, -0.15) is 0 Å². The summed E-state index contributed by atoms with van der Waals surface area (Å²) >= 11 is 0. The maximum Gasteiger partial charge on any atom is 0.189 e. The first-order valence-corrected chi connectivity index (χ1v) is 6.08. The van der Waals surface area contributed by atoms with Gasteiger partial charge in [-0.15, -0.1) is 0 Å². The molecule has 0 amide bonds. The van der Waals surface area contributed by atoms with Crippen molar-refractivity contribution < 1.29 is 9.18 Å². The van der Waals surface area contributed by atoms with Gasteiger partial charge in [-0.05, 0) is 31.5 Å². The van der Waals surface area contributed by atoms with Crippen molar-refractivity contribution in [2.75, 3.05) is 0 Å². The number of hydrogen-bond acceptors (Lipinski definition) is 2. The van der Waals surface area contributed by atoms with E-state index in [1.807, 2.05) is 13.0 Å². The molecule has 2 nitrogen and oxygen atoms in total. The molecule has 0 fully saturated rings. The largest absolute Gasteiger partial charge is 0.315 e. The average molecular weight is 257 g/mol. The third kappa shape index (κ3) is 2.56. The number of nitrogens with two attached hydrogens (primary N) is 1. The van der Waals surface area contributed by atoms with E-state index in [-0.39, 0.29) is 5.56 Å². The number of benzene rings is 2. The minimum atomic E-state index is -1.24. The first-order valence-electron chi connectivity index (χ1n) is 6.08. The highest BCUT2D eigenvalue weighted by Crippen LogP contribution is 2.24. The van der Waals surface area contributed by atoms with Crippen LogP contribution in [-0.4, -0.2) is 5.78 Å². The van der Waals surface area contributed by atoms with Crippen LogP contribution in [-0.2, 0) is 5.54 Å². The molecule has 0 aliphatic carbocycles. The number of carbonyl (C=O) groups is 1. The van der Waals surface area contributed by atoms with Crippen molar-refractivity contribution in [2.45, 2.75) is 19.4 Å². The third-order valence-corrected chi connectivity index (χ3v) is 3.21. The van der Waals surface area contributed by atoms with Gasteiger partial charge in [0.1, 0.15) is 11.4 Å². The molecule has 0 bridgehead atoms. The SMILES string of the molecule is Cc1ccc(F)c(C(=O)C(C)(N)c2ccccc2)c1. The highest BCUT2D eigenvalue weighted by Gasteiger charge is 2.32. The van der Waals surface area contributed by atoms with Crippen LogP contribution in [0, 0.1) is 12.7 Å². The van der Waals surface area contributed by atoms with E-state index in [0.717, 1.165) is 5.56 Å². The van der Waals surface area contributed by atoms with Gasteiger partial charge in [-0.25, -0.2) is 4.39 Å². The fourth-order valence-electron chi connectivity index (χ4n) is 2.01. The lowest BCUT2D eigenvalue weighted by molar-refractivity contribution is 0.0895. The number of Topliss-reactive ketones (excluding diaryl/α,β-unsaturated/α-hetero) is 1. The lowest BCUT2D eigenvalue weighted by Gasteiger charge is -2.24. The van der Waals surface area contributed by atoms with Crippen molar-refractivity contribution in [1.29, 1.82) is 0 Å². The Labute approximate surface area is 112 Å². The zero-order valence-corrected chi connectivity index (χ0v) is 11.0. The quantitative estimate of drug-likeness (QED) is 0.858. The zero-order valence-electron chi connectivity index (χ0n) is 11.0. The minimum Gasteiger partial charge on any atom is -0.315 e. The Morgan fingerprint density at radius 2 is 1.79 bits per heavy atom. The van der Waals surface area contributed by atoms with Crippen LogP contribution in [0.5, 0.6) is 0 Å². The summed E-state index contributed by atoms with van der Waals surface area (Å²) in [5.41, 5.74) is 6.41. The summed E-state index contributed by atoms with van der Waals surface area (Å²) in [6, 6.07) is 13.5. The molecule has 19 heavy (non-hydrogen) atoms. The van der Waals surface area contributed by atoms with Crippen LogP contribution in [0.1, 0.15) is 28.4 Å². The van der Waals surface area contributed by atoms with Crippen LogP contribution in [0.15, 0.2) is 48.5 Å². The van der Waals surface area contributed by atoms with Crippen LogP contribution in [0.4, 0.5) is 4.39 Å². The highest BCUT2D eigenvalue weighted by atomic mass is 19.1. The second-order valence-corrected chi connectivity index (χ2v) is 4.88. The maximum absolute atomic E-state index is 13.8. The maximum atomic E-state index is 13.8. The normalized spacial score (nSPS) is 13.9. The van der Waals surface area contributed by atoms with E-state index in [9.17, 15) is 9.18 Å². The number of halogens is 1. The molecule has 0 aliphatic heterocycles. The van der Waals surface area contributed by atoms with E-state index in [0.29, 0.717) is 5.56 Å². The summed E-state index contributed by atoms with van der Waals surface area (Å²) in [6.45, 7) is 3.42. The fraction of sp³-hybridized carbons (Fsp3) is 0.188. The Hall–Kier alpha value is -2.00. The molecule has 0 aromatic heterocycles. The topological polar surface area (TPSA) is 43.1 Å². The number of rotatable bonds is 3. The Bertz CT molecular complexity index is 605. The molecule has 0 radical (unpaired) electrons. The summed E-state index contributed by atoms with van der Waals surface area (Å²) in [6.07, 6.45) is 0. The summed E-state index contributed by atoms with van der Waals surface area (Å²) in [5.74, 6) is -0.955. The van der Waals surface area contributed by atoms with Gasteiger partial charge in [-0.3, -0.25) is 4.79 Å². The molecule has 2 N–H and O–H groups in total. The lowest BCUT2D eigenvalue weighted by atomic mass is 9.85. The first kappa shape index (κ1) is 13.4. The Morgan fingerprint density at radius 3 is 2.42 bits per heavy atom. The molecule has 0 aliphatic rings. The van der Waals surface area contributed by atoms with Crippen LogP contribution in [0.3, 0.4) is 0 Å². The molecule has 2 rings (SSSR count). The molecule has 0 heterocycles. The standard InChI is InChI=1S/C16H16FNO/c1-11-8-9-14(17)13(10-11)15(19)16(2,18)12-6-4-3-5-7-12/h3-10H,18H2,1-2H3. The number of ketones is 1. The summed E-state index contributed by atoms with van der Waals surface area (Å²) in [4.78, 5) is 12.5. The van der Waals surface area contributed by atoms with Crippen molar-refractivity contribution in [3.63, 3.8) is 0 Å². The van der Waals surface area contributed by atoms with Gasteiger partial charge >= 0.3 is 0 Å². The molecule has 0 saturated heterocycles. The van der Waals surface area contributed by atoms with E-state index in [4.69, 9.17) is 5.73 Å². The molecule has 1 unspecified atom stereocenters. The van der Waals surface area contributed by atoms with Gasteiger partial charge in [0, 0.05) is 0 Å². The van der Waals surface area contributed by atoms with Crippen LogP contribution in [0.25, 0.3) is 0 Å². The fourth-order valence-corrected chi connectivity index (χ4v) is 2.01. The Kier molecular flexibility index (Phi) is 3.49. The molecule has 0 saturated carbocycles. The molecule has 1 atom stereocenters. The van der Waals surface area contributed by atoms with Gasteiger partial charge in [0.15, 0.2) is 5.78 Å². The number of hydrogen-bond donors (Lipinski definition) is 1. The van der Waals surface area contributed by atoms with E-state index in [1.54, 1.807) is 37.3 Å². The summed E-state index contributed by atoms with van der Waals surface area (Å²) in [7, 11) is 0. The summed E-state index contributed by atoms with van der Waals surface area (Å²) < 4.78 is 13.8. The molecule has 2 aromatic carbocycles. The molecule has 3 heteroatoms. The second kappa shape index (κ2) is 4.94. The Balaban J connectivity index is 2.46. The van der Waals surface area contributed by atoms with Crippen molar-refractivity contribution in [3.8, 4) is 0 Å². The predicted octanol–water partition coefficient (Wildman–Crippen LogP) is 3.19. The van der Waals surface area contributed by atoms with E-state index in [2.05, 4.69) is 0 Å². The van der Waals surface area contributed by atoms with Crippen LogP contribution < -0.4 is 5.73 Å². The average Bonchev–Trinajstić information content (AvgIpc) is 2.41. The van der Waals surface area contributed by atoms with Crippen molar-refractivity contribution in [3.05, 3.63) is 71.0 Å². The van der Waals surface area contributed by atoms with Crippen molar-refractivity contribution >= 4 is 5.78 Å². The molecular formula is C16H16FNO. The van der Waals surface area contributed by atoms with E-state index in [1.165, 1.54) is 12.1 Å². The highest BCUT2D eigenvalue weighted by molar-refractivity contribution is 6.03. The zero-order chi connectivity index (χ0) is 14.0. The van der Waals surface area contributed by atoms with E-state index < -0.39 is 17.1 Å². The molecule has 2 aromatic rings. The molecule has 0 spiro atoms. The predicted molar refractivity (Wildman–Crippen MR) is 73.4 cm³/mol. The molecule has 98 valence electrons. The second-order valence-electron chi connectivity index (χ2n) is 4.88. The monoisotopic (exact) mass is 257 g/mol. The first-order chi connectivity index (χ1) is 8.93. The minimum absolute atomic E-state index is 0.0360. The smallest absolute Gasteiger partial charge is 0.189 e. The van der Waals surface area contributed by atoms with Crippen LogP contribution in [0.2, 0.25) is 0 Å². The van der Waals surface area contributed by atoms with E-state index >= 15 is 0 Å². The van der Waals surface area contributed by atoms with Crippen molar-refractivity contribution in [2.24, 2.45) is 5.73 Å². The van der Waals surface area contributed by atoms with Crippen LogP contribution >= 0.6 is 0 Å². The Morgan fingerprint density at radius 1 is 1.16 bits per heavy atom. The van der Waals surface area contributed by atoms with Gasteiger partial charge in [0.2, 0.25) is 0 Å². The third-order valence-electron chi connectivity index (χ3n) is 3.21. The molecular weight excluding hydrogens is 241 g/mol. The van der Waals surface area contributed by atoms with Crippen molar-refractivity contribution in [1.82, 2.24) is 0 Å². The van der Waals surface area contributed by atoms with Gasteiger partial charge in [-0.1, -0.05) is 42.0 Å². The lowest BCUT2D eigenvalue weighted by Crippen LogP contribution is -2.42. The van der Waals surface area contributed by atoms with Gasteiger partial charge in [0.05, 0.1) is 5.56 Å². The number of carbonyl (C=O) groups excluding carboxylic acids is 1.